The van der Waals surface area contributed by atoms with Crippen molar-refractivity contribution in [3.8, 4) is 28.6 Å². The number of carbonyl (C=O) groups is 1. The van der Waals surface area contributed by atoms with Crippen molar-refractivity contribution in [1.29, 1.82) is 5.26 Å². The van der Waals surface area contributed by atoms with Gasteiger partial charge in [-0.15, -0.1) is 0 Å². The summed E-state index contributed by atoms with van der Waals surface area (Å²) in [6.07, 6.45) is 1.56. The maximum absolute atomic E-state index is 14.0. The summed E-state index contributed by atoms with van der Waals surface area (Å²) < 4.78 is 28.3. The first-order chi connectivity index (χ1) is 20.0. The molecule has 0 saturated carbocycles. The van der Waals surface area contributed by atoms with E-state index in [1.807, 2.05) is 36.4 Å². The third-order valence-electron chi connectivity index (χ3n) is 7.58. The fraction of sp³-hybridized carbons (Fsp3) is 0.176. The van der Waals surface area contributed by atoms with Crippen LogP contribution >= 0.6 is 0 Å². The fourth-order valence-corrected chi connectivity index (χ4v) is 5.64. The average Bonchev–Trinajstić information content (AvgIpc) is 3.36. The molecule has 204 valence electrons. The summed E-state index contributed by atoms with van der Waals surface area (Å²) >= 11 is 0. The van der Waals surface area contributed by atoms with E-state index in [0.29, 0.717) is 24.5 Å². The molecule has 7 heteroatoms. The minimum absolute atomic E-state index is 0.0999. The first-order valence-electron chi connectivity index (χ1n) is 13.5. The van der Waals surface area contributed by atoms with Crippen molar-refractivity contribution in [2.75, 3.05) is 13.2 Å². The van der Waals surface area contributed by atoms with E-state index in [1.54, 1.807) is 42.5 Å². The van der Waals surface area contributed by atoms with E-state index >= 15 is 0 Å². The molecule has 1 aliphatic rings. The molecule has 4 aromatic carbocycles. The van der Waals surface area contributed by atoms with Gasteiger partial charge in [0.25, 0.3) is 0 Å². The van der Waals surface area contributed by atoms with E-state index in [0.717, 1.165) is 51.8 Å². The number of aromatic carboxylic acids is 1. The highest BCUT2D eigenvalue weighted by Crippen LogP contribution is 2.47. The van der Waals surface area contributed by atoms with Crippen LogP contribution in [0.5, 0.6) is 5.75 Å². The zero-order valence-electron chi connectivity index (χ0n) is 22.2. The smallest absolute Gasteiger partial charge is 0.335 e. The number of rotatable bonds is 7. The Labute approximate surface area is 236 Å². The lowest BCUT2D eigenvalue weighted by molar-refractivity contribution is 0.0697. The Morgan fingerprint density at radius 1 is 0.976 bits per heavy atom. The Bertz CT molecular complexity index is 1750. The number of fused-ring (bicyclic) bond motifs is 1. The van der Waals surface area contributed by atoms with Gasteiger partial charge >= 0.3 is 5.97 Å². The highest BCUT2D eigenvalue weighted by Gasteiger charge is 2.30. The monoisotopic (exact) mass is 546 g/mol. The molecule has 0 bridgehead atoms. The standard InChI is InChI=1S/C34H27FN2O4/c35-27-11-13-28(14-12-27)37-29-15-10-26(20-36)33(41-21-22-4-2-1-3-5-22)31(29)30(32(37)24-16-18-40-19-17-24)23-6-8-25(9-7-23)34(38)39/h1-15,24H,16-19,21H2,(H,38,39). The van der Waals surface area contributed by atoms with E-state index in [-0.39, 0.29) is 23.9 Å². The van der Waals surface area contributed by atoms with Crippen molar-refractivity contribution in [3.05, 3.63) is 119 Å². The van der Waals surface area contributed by atoms with E-state index in [9.17, 15) is 19.6 Å². The molecular formula is C34H27FN2O4. The SMILES string of the molecule is N#Cc1ccc2c(c1OCc1ccccc1)c(-c1ccc(C(=O)O)cc1)c(C1CCOCC1)n2-c1ccc(F)cc1. The number of hydrogen-bond donors (Lipinski definition) is 1. The van der Waals surface area contributed by atoms with E-state index in [2.05, 4.69) is 10.6 Å². The number of carboxylic acids is 1. The Hall–Kier alpha value is -4.93. The number of ether oxygens (including phenoxy) is 2. The van der Waals surface area contributed by atoms with Crippen molar-refractivity contribution in [2.24, 2.45) is 0 Å². The number of halogens is 1. The van der Waals surface area contributed by atoms with Crippen molar-refractivity contribution in [2.45, 2.75) is 25.4 Å². The topological polar surface area (TPSA) is 84.5 Å². The third-order valence-corrected chi connectivity index (χ3v) is 7.58. The van der Waals surface area contributed by atoms with Gasteiger partial charge in [0, 0.05) is 36.1 Å². The average molecular weight is 547 g/mol. The van der Waals surface area contributed by atoms with Crippen LogP contribution in [0.25, 0.3) is 27.7 Å². The molecule has 0 unspecified atom stereocenters. The summed E-state index contributed by atoms with van der Waals surface area (Å²) in [7, 11) is 0. The van der Waals surface area contributed by atoms with Crippen LogP contribution in [-0.2, 0) is 11.3 Å². The fourth-order valence-electron chi connectivity index (χ4n) is 5.64. The van der Waals surface area contributed by atoms with E-state index in [1.165, 1.54) is 12.1 Å². The van der Waals surface area contributed by atoms with Crippen molar-refractivity contribution in [3.63, 3.8) is 0 Å². The van der Waals surface area contributed by atoms with Crippen molar-refractivity contribution < 1.29 is 23.8 Å². The summed E-state index contributed by atoms with van der Waals surface area (Å²) in [4.78, 5) is 11.6. The van der Waals surface area contributed by atoms with Gasteiger partial charge in [0.15, 0.2) is 0 Å². The quantitative estimate of drug-likeness (QED) is 0.229. The van der Waals surface area contributed by atoms with Gasteiger partial charge in [-0.25, -0.2) is 9.18 Å². The second kappa shape index (κ2) is 11.3. The van der Waals surface area contributed by atoms with Crippen LogP contribution in [0.1, 0.15) is 45.9 Å². The number of benzene rings is 4. The Morgan fingerprint density at radius 3 is 2.34 bits per heavy atom. The first-order valence-corrected chi connectivity index (χ1v) is 13.5. The van der Waals surface area contributed by atoms with Crippen LogP contribution in [0.4, 0.5) is 4.39 Å². The van der Waals surface area contributed by atoms with Gasteiger partial charge in [0.05, 0.1) is 22.0 Å². The lowest BCUT2D eigenvalue weighted by Crippen LogP contribution is -2.17. The zero-order valence-corrected chi connectivity index (χ0v) is 22.2. The summed E-state index contributed by atoms with van der Waals surface area (Å²) in [6, 6.07) is 28.9. The molecule has 0 radical (unpaired) electrons. The molecule has 1 aliphatic heterocycles. The summed E-state index contributed by atoms with van der Waals surface area (Å²) in [5.74, 6) is -0.780. The van der Waals surface area contributed by atoms with Gasteiger partial charge in [-0.05, 0) is 72.5 Å². The lowest BCUT2D eigenvalue weighted by atomic mass is 9.89. The second-order valence-corrected chi connectivity index (χ2v) is 10.1. The Balaban J connectivity index is 1.68. The maximum Gasteiger partial charge on any atom is 0.335 e. The van der Waals surface area contributed by atoms with Crippen LogP contribution in [0.2, 0.25) is 0 Å². The van der Waals surface area contributed by atoms with Gasteiger partial charge in [0.2, 0.25) is 0 Å². The lowest BCUT2D eigenvalue weighted by Gasteiger charge is -2.26. The molecule has 0 amide bonds. The Kier molecular flexibility index (Phi) is 7.24. The highest BCUT2D eigenvalue weighted by molar-refractivity contribution is 6.05. The predicted octanol–water partition coefficient (Wildman–Crippen LogP) is 7.48. The van der Waals surface area contributed by atoms with Gasteiger partial charge in [-0.1, -0.05) is 42.5 Å². The zero-order chi connectivity index (χ0) is 28.3. The van der Waals surface area contributed by atoms with E-state index in [4.69, 9.17) is 9.47 Å². The predicted molar refractivity (Wildman–Crippen MR) is 154 cm³/mol. The molecule has 0 aliphatic carbocycles. The summed E-state index contributed by atoms with van der Waals surface area (Å²) in [5, 5.41) is 20.4. The minimum atomic E-state index is -1.01. The number of hydrogen-bond acceptors (Lipinski definition) is 4. The molecular weight excluding hydrogens is 519 g/mol. The molecule has 1 aromatic heterocycles. The van der Waals surface area contributed by atoms with Crippen LogP contribution in [-0.4, -0.2) is 28.9 Å². The molecule has 41 heavy (non-hydrogen) atoms. The highest BCUT2D eigenvalue weighted by atomic mass is 19.1. The molecule has 0 spiro atoms. The largest absolute Gasteiger partial charge is 0.487 e. The second-order valence-electron chi connectivity index (χ2n) is 10.1. The minimum Gasteiger partial charge on any atom is -0.487 e. The number of nitriles is 1. The molecule has 1 saturated heterocycles. The van der Waals surface area contributed by atoms with Crippen LogP contribution in [0.3, 0.4) is 0 Å². The normalized spacial score (nSPS) is 13.7. The molecule has 1 fully saturated rings. The van der Waals surface area contributed by atoms with Gasteiger partial charge < -0.3 is 19.1 Å². The molecule has 6 rings (SSSR count). The van der Waals surface area contributed by atoms with Gasteiger partial charge in [-0.3, -0.25) is 0 Å². The van der Waals surface area contributed by atoms with Crippen molar-refractivity contribution in [1.82, 2.24) is 4.57 Å². The number of nitrogens with zero attached hydrogens (tertiary/aromatic N) is 2. The summed E-state index contributed by atoms with van der Waals surface area (Å²) in [5.41, 5.74) is 5.81. The van der Waals surface area contributed by atoms with Crippen LogP contribution < -0.4 is 4.74 Å². The summed E-state index contributed by atoms with van der Waals surface area (Å²) in [6.45, 7) is 1.47. The molecule has 5 aromatic rings. The molecule has 2 heterocycles. The maximum atomic E-state index is 14.0. The molecule has 6 nitrogen and oxygen atoms in total. The first kappa shape index (κ1) is 26.3. The molecule has 0 atom stereocenters. The van der Waals surface area contributed by atoms with E-state index < -0.39 is 5.97 Å². The van der Waals surface area contributed by atoms with Crippen molar-refractivity contribution >= 4 is 16.9 Å². The van der Waals surface area contributed by atoms with Crippen LogP contribution in [0, 0.1) is 17.1 Å². The third kappa shape index (κ3) is 5.06. The van der Waals surface area contributed by atoms with Crippen LogP contribution in [0.15, 0.2) is 91.0 Å². The molecule has 1 N–H and O–H groups in total. The Morgan fingerprint density at radius 2 is 1.68 bits per heavy atom. The van der Waals surface area contributed by atoms with Gasteiger partial charge in [-0.2, -0.15) is 5.26 Å². The number of aromatic nitrogens is 1. The number of carboxylic acid groups (broad SMARTS) is 1. The van der Waals surface area contributed by atoms with Gasteiger partial charge in [0.1, 0.15) is 24.2 Å².